The van der Waals surface area contributed by atoms with Gasteiger partial charge in [0, 0.05) is 45.8 Å². The van der Waals surface area contributed by atoms with Gasteiger partial charge < -0.3 is 9.73 Å². The normalized spacial score (nSPS) is 23.8. The van der Waals surface area contributed by atoms with Gasteiger partial charge in [-0.05, 0) is 30.5 Å². The lowest BCUT2D eigenvalue weighted by atomic mass is 10.1. The molecule has 2 heterocycles. The van der Waals surface area contributed by atoms with Crippen molar-refractivity contribution in [3.63, 3.8) is 0 Å². The molecular weight excluding hydrogens is 282 g/mol. The van der Waals surface area contributed by atoms with Gasteiger partial charge in [-0.15, -0.1) is 0 Å². The van der Waals surface area contributed by atoms with E-state index in [2.05, 4.69) is 5.32 Å². The molecule has 0 unspecified atom stereocenters. The highest BCUT2D eigenvalue weighted by Crippen LogP contribution is 2.29. The summed E-state index contributed by atoms with van der Waals surface area (Å²) in [5.41, 5.74) is 1.85. The van der Waals surface area contributed by atoms with E-state index < -0.39 is 10.8 Å². The molecule has 0 atom stereocenters. The fourth-order valence-corrected chi connectivity index (χ4v) is 4.03. The maximum absolute atomic E-state index is 11.3. The number of hydrogen-bond donors (Lipinski definition) is 1. The minimum Gasteiger partial charge on any atom is -0.444 e. The van der Waals surface area contributed by atoms with Crippen LogP contribution in [0.2, 0.25) is 5.22 Å². The van der Waals surface area contributed by atoms with E-state index in [-0.39, 0.29) is 0 Å². The molecule has 1 aliphatic heterocycles. The van der Waals surface area contributed by atoms with E-state index in [1.54, 1.807) is 0 Å². The molecule has 1 aliphatic rings. The van der Waals surface area contributed by atoms with E-state index in [1.165, 1.54) is 0 Å². The first-order chi connectivity index (χ1) is 9.24. The van der Waals surface area contributed by atoms with Crippen molar-refractivity contribution >= 4 is 33.4 Å². The van der Waals surface area contributed by atoms with Crippen molar-refractivity contribution in [2.45, 2.75) is 25.4 Å². The van der Waals surface area contributed by atoms with Crippen LogP contribution in [0.3, 0.4) is 0 Å². The summed E-state index contributed by atoms with van der Waals surface area (Å²) >= 11 is 6.15. The van der Waals surface area contributed by atoms with Crippen LogP contribution in [0, 0.1) is 0 Å². The van der Waals surface area contributed by atoms with Crippen LogP contribution >= 0.6 is 11.6 Å². The third-order valence-electron chi connectivity index (χ3n) is 3.60. The maximum atomic E-state index is 11.3. The topological polar surface area (TPSA) is 42.2 Å². The minimum atomic E-state index is -0.612. The molecule has 0 amide bonds. The van der Waals surface area contributed by atoms with Gasteiger partial charge in [0.05, 0.1) is 0 Å². The smallest absolute Gasteiger partial charge is 0.199 e. The van der Waals surface area contributed by atoms with E-state index in [4.69, 9.17) is 16.0 Å². The largest absolute Gasteiger partial charge is 0.444 e. The number of fused-ring (bicyclic) bond motifs is 1. The lowest BCUT2D eigenvalue weighted by Crippen LogP contribution is -2.35. The van der Waals surface area contributed by atoms with E-state index in [0.29, 0.717) is 17.8 Å². The van der Waals surface area contributed by atoms with Crippen molar-refractivity contribution in [3.8, 4) is 0 Å². The lowest BCUT2D eigenvalue weighted by Gasteiger charge is -2.22. The molecule has 0 radical (unpaired) electrons. The Morgan fingerprint density at radius 3 is 2.84 bits per heavy atom. The van der Waals surface area contributed by atoms with Gasteiger partial charge in [0.15, 0.2) is 5.22 Å². The van der Waals surface area contributed by atoms with E-state index in [1.807, 2.05) is 24.3 Å². The van der Waals surface area contributed by atoms with Crippen LogP contribution in [0.1, 0.15) is 18.4 Å². The van der Waals surface area contributed by atoms with Crippen molar-refractivity contribution in [2.75, 3.05) is 11.5 Å². The van der Waals surface area contributed by atoms with Crippen LogP contribution in [-0.2, 0) is 17.3 Å². The van der Waals surface area contributed by atoms with Crippen LogP contribution in [0.15, 0.2) is 28.7 Å². The summed E-state index contributed by atoms with van der Waals surface area (Å²) < 4.78 is 16.9. The summed E-state index contributed by atoms with van der Waals surface area (Å²) in [7, 11) is -0.612. The number of rotatable bonds is 3. The zero-order valence-electron chi connectivity index (χ0n) is 10.5. The fourth-order valence-electron chi connectivity index (χ4n) is 2.48. The Kier molecular flexibility index (Phi) is 3.91. The number of hydrogen-bond acceptors (Lipinski definition) is 3. The third kappa shape index (κ3) is 2.86. The molecule has 2 aromatic rings. The number of nitrogens with one attached hydrogen (secondary N) is 1. The third-order valence-corrected chi connectivity index (χ3v) is 5.29. The van der Waals surface area contributed by atoms with Gasteiger partial charge in [0.2, 0.25) is 0 Å². The standard InChI is InChI=1S/C14H16ClNO2S/c15-14-12(11-3-1-2-4-13(11)18-14)9-16-10-5-7-19(17)8-6-10/h1-4,10,16H,5-9H2. The molecule has 3 nitrogen and oxygen atoms in total. The van der Waals surface area contributed by atoms with Gasteiger partial charge in [-0.3, -0.25) is 4.21 Å². The highest BCUT2D eigenvalue weighted by Gasteiger charge is 2.19. The Labute approximate surface area is 119 Å². The molecule has 1 aromatic carbocycles. The van der Waals surface area contributed by atoms with E-state index in [9.17, 15) is 4.21 Å². The Bertz CT molecular complexity index is 601. The summed E-state index contributed by atoms with van der Waals surface area (Å²) in [6.45, 7) is 0.702. The molecule has 5 heteroatoms. The van der Waals surface area contributed by atoms with Crippen molar-refractivity contribution in [1.29, 1.82) is 0 Å². The summed E-state index contributed by atoms with van der Waals surface area (Å²) in [5, 5.41) is 5.03. The Morgan fingerprint density at radius 2 is 2.05 bits per heavy atom. The molecule has 0 saturated carbocycles. The molecule has 1 saturated heterocycles. The first-order valence-corrected chi connectivity index (χ1v) is 8.35. The van der Waals surface area contributed by atoms with Crippen molar-refractivity contribution < 1.29 is 8.63 Å². The molecule has 1 N–H and O–H groups in total. The first-order valence-electron chi connectivity index (χ1n) is 6.48. The quantitative estimate of drug-likeness (QED) is 0.946. The fraction of sp³-hybridized carbons (Fsp3) is 0.429. The van der Waals surface area contributed by atoms with Crippen LogP contribution in [0.5, 0.6) is 0 Å². The average Bonchev–Trinajstić information content (AvgIpc) is 2.74. The molecule has 1 aromatic heterocycles. The average molecular weight is 298 g/mol. The number of benzene rings is 1. The van der Waals surface area contributed by atoms with Gasteiger partial charge in [-0.25, -0.2) is 0 Å². The maximum Gasteiger partial charge on any atom is 0.199 e. The lowest BCUT2D eigenvalue weighted by molar-refractivity contribution is 0.474. The van der Waals surface area contributed by atoms with Gasteiger partial charge in [-0.2, -0.15) is 0 Å². The Hall–Kier alpha value is -0.840. The molecule has 0 aliphatic carbocycles. The monoisotopic (exact) mass is 297 g/mol. The Balaban J connectivity index is 1.71. The summed E-state index contributed by atoms with van der Waals surface area (Å²) in [5.74, 6) is 1.61. The highest BCUT2D eigenvalue weighted by atomic mass is 35.5. The zero-order chi connectivity index (χ0) is 13.2. The number of halogens is 1. The first kappa shape index (κ1) is 13.2. The van der Waals surface area contributed by atoms with Crippen molar-refractivity contribution in [2.24, 2.45) is 0 Å². The summed E-state index contributed by atoms with van der Waals surface area (Å²) in [6.07, 6.45) is 1.94. The molecule has 3 rings (SSSR count). The second-order valence-corrected chi connectivity index (χ2v) is 6.89. The van der Waals surface area contributed by atoms with Crippen LogP contribution in [-0.4, -0.2) is 21.8 Å². The highest BCUT2D eigenvalue weighted by molar-refractivity contribution is 7.85. The van der Waals surface area contributed by atoms with Crippen molar-refractivity contribution in [1.82, 2.24) is 5.32 Å². The minimum absolute atomic E-state index is 0.433. The van der Waals surface area contributed by atoms with Gasteiger partial charge in [0.1, 0.15) is 5.58 Å². The molecule has 1 fully saturated rings. The summed E-state index contributed by atoms with van der Waals surface area (Å²) in [4.78, 5) is 0. The van der Waals surface area contributed by atoms with Gasteiger partial charge in [0.25, 0.3) is 0 Å². The SMILES string of the molecule is O=S1CCC(NCc2c(Cl)oc3ccccc23)CC1. The number of furan rings is 1. The van der Waals surface area contributed by atoms with Crippen molar-refractivity contribution in [3.05, 3.63) is 35.0 Å². The molecule has 19 heavy (non-hydrogen) atoms. The molecule has 102 valence electrons. The Morgan fingerprint density at radius 1 is 1.32 bits per heavy atom. The summed E-state index contributed by atoms with van der Waals surface area (Å²) in [6, 6.07) is 8.31. The number of para-hydroxylation sites is 1. The second-order valence-electron chi connectivity index (χ2n) is 4.85. The molecule has 0 bridgehead atoms. The van der Waals surface area contributed by atoms with E-state index in [0.717, 1.165) is 40.9 Å². The molecule has 0 spiro atoms. The second kappa shape index (κ2) is 5.65. The van der Waals surface area contributed by atoms with E-state index >= 15 is 0 Å². The van der Waals surface area contributed by atoms with Gasteiger partial charge >= 0.3 is 0 Å². The molecular formula is C14H16ClNO2S. The zero-order valence-corrected chi connectivity index (χ0v) is 12.1. The predicted octanol–water partition coefficient (Wildman–Crippen LogP) is 3.09. The van der Waals surface area contributed by atoms with Crippen LogP contribution in [0.25, 0.3) is 11.0 Å². The van der Waals surface area contributed by atoms with Gasteiger partial charge in [-0.1, -0.05) is 18.2 Å². The van der Waals surface area contributed by atoms with Crippen LogP contribution in [0.4, 0.5) is 0 Å². The van der Waals surface area contributed by atoms with Crippen LogP contribution < -0.4 is 5.32 Å². The predicted molar refractivity (Wildman–Crippen MR) is 79.0 cm³/mol.